The van der Waals surface area contributed by atoms with Gasteiger partial charge in [0.1, 0.15) is 0 Å². The Labute approximate surface area is 57.7 Å². The van der Waals surface area contributed by atoms with Gasteiger partial charge in [-0.2, -0.15) is 0 Å². The molecule has 0 heteroatoms. The first-order valence-corrected chi connectivity index (χ1v) is 3.64. The monoisotopic (exact) mass is 121 g/mol. The van der Waals surface area contributed by atoms with Crippen molar-refractivity contribution in [2.45, 2.75) is 26.7 Å². The molecule has 9 heavy (non-hydrogen) atoms. The van der Waals surface area contributed by atoms with Gasteiger partial charge in [0, 0.05) is 5.92 Å². The van der Waals surface area contributed by atoms with Gasteiger partial charge in [0.25, 0.3) is 0 Å². The summed E-state index contributed by atoms with van der Waals surface area (Å²) in [4.78, 5) is 0. The van der Waals surface area contributed by atoms with Crippen LogP contribution in [-0.2, 0) is 0 Å². The van der Waals surface area contributed by atoms with Crippen LogP contribution in [0, 0.1) is 30.1 Å². The third-order valence-corrected chi connectivity index (χ3v) is 1.79. The summed E-state index contributed by atoms with van der Waals surface area (Å²) in [7, 11) is 0. The van der Waals surface area contributed by atoms with E-state index in [0.717, 1.165) is 5.92 Å². The molecule has 0 saturated heterocycles. The molecule has 0 bridgehead atoms. The second-order valence-corrected chi connectivity index (χ2v) is 2.54. The van der Waals surface area contributed by atoms with Gasteiger partial charge in [-0.25, -0.2) is 0 Å². The molecule has 1 aliphatic rings. The molecule has 1 radical (unpaired) electrons. The van der Waals surface area contributed by atoms with Gasteiger partial charge in [0.15, 0.2) is 0 Å². The topological polar surface area (TPSA) is 0 Å². The molecule has 1 aliphatic carbocycles. The van der Waals surface area contributed by atoms with E-state index < -0.39 is 0 Å². The fraction of sp³-hybridized carbons (Fsp3) is 0.667. The first-order chi connectivity index (χ1) is 4.38. The Bertz CT molecular complexity index is 132. The van der Waals surface area contributed by atoms with Crippen LogP contribution in [0.1, 0.15) is 26.7 Å². The highest BCUT2D eigenvalue weighted by Crippen LogP contribution is 2.36. The summed E-state index contributed by atoms with van der Waals surface area (Å²) < 4.78 is 0. The lowest BCUT2D eigenvalue weighted by Crippen LogP contribution is -1.96. The second kappa shape index (κ2) is 2.92. The molecule has 0 aromatic carbocycles. The average molecular weight is 121 g/mol. The molecule has 1 saturated carbocycles. The average Bonchev–Trinajstić information content (AvgIpc) is 2.64. The van der Waals surface area contributed by atoms with Gasteiger partial charge in [-0.15, -0.1) is 5.92 Å². The highest BCUT2D eigenvalue weighted by molar-refractivity contribution is 5.11. The van der Waals surface area contributed by atoms with Crippen LogP contribution >= 0.6 is 0 Å². The molecular weight excluding hydrogens is 108 g/mol. The van der Waals surface area contributed by atoms with Crippen molar-refractivity contribution in [3.8, 4) is 11.8 Å². The van der Waals surface area contributed by atoms with Gasteiger partial charge in [-0.1, -0.05) is 12.8 Å². The van der Waals surface area contributed by atoms with E-state index >= 15 is 0 Å². The van der Waals surface area contributed by atoms with E-state index in [4.69, 9.17) is 0 Å². The molecule has 2 atom stereocenters. The molecule has 0 amide bonds. The van der Waals surface area contributed by atoms with Crippen LogP contribution in [0.15, 0.2) is 0 Å². The van der Waals surface area contributed by atoms with Crippen molar-refractivity contribution in [2.24, 2.45) is 11.8 Å². The molecule has 0 spiro atoms. The van der Waals surface area contributed by atoms with Crippen LogP contribution in [0.25, 0.3) is 0 Å². The summed E-state index contributed by atoms with van der Waals surface area (Å²) >= 11 is 0. The zero-order valence-electron chi connectivity index (χ0n) is 6.15. The minimum absolute atomic E-state index is 0.662. The molecule has 49 valence electrons. The lowest BCUT2D eigenvalue weighted by Gasteiger charge is -2.01. The predicted molar refractivity (Wildman–Crippen MR) is 39.6 cm³/mol. The van der Waals surface area contributed by atoms with Gasteiger partial charge in [-0.05, 0) is 32.1 Å². The summed E-state index contributed by atoms with van der Waals surface area (Å²) in [6.07, 6.45) is 4.85. The molecule has 2 unspecified atom stereocenters. The predicted octanol–water partition coefficient (Wildman–Crippen LogP) is 2.26. The summed E-state index contributed by atoms with van der Waals surface area (Å²) in [5.41, 5.74) is 0. The van der Waals surface area contributed by atoms with Crippen molar-refractivity contribution in [3.05, 3.63) is 6.42 Å². The third-order valence-electron chi connectivity index (χ3n) is 1.79. The van der Waals surface area contributed by atoms with E-state index in [9.17, 15) is 0 Å². The third kappa shape index (κ3) is 1.75. The normalized spacial score (nSPS) is 20.2. The summed E-state index contributed by atoms with van der Waals surface area (Å²) in [6, 6.07) is 0. The maximum Gasteiger partial charge on any atom is 0.0231 e. The zero-order chi connectivity index (χ0) is 6.69. The summed E-state index contributed by atoms with van der Waals surface area (Å²) in [5, 5.41) is 0. The van der Waals surface area contributed by atoms with Gasteiger partial charge in [0.05, 0.1) is 0 Å². The van der Waals surface area contributed by atoms with E-state index in [1.807, 2.05) is 6.92 Å². The van der Waals surface area contributed by atoms with Gasteiger partial charge in [0.2, 0.25) is 0 Å². The fourth-order valence-electron chi connectivity index (χ4n) is 1.10. The van der Waals surface area contributed by atoms with Crippen molar-refractivity contribution in [3.63, 3.8) is 0 Å². The Hall–Kier alpha value is -0.440. The maximum atomic E-state index is 3.21. The molecular formula is C9H13. The molecule has 1 fully saturated rings. The minimum Gasteiger partial charge on any atom is -0.106 e. The van der Waals surface area contributed by atoms with Crippen LogP contribution in [-0.4, -0.2) is 0 Å². The minimum atomic E-state index is 0.662. The van der Waals surface area contributed by atoms with Crippen molar-refractivity contribution < 1.29 is 0 Å². The van der Waals surface area contributed by atoms with Crippen molar-refractivity contribution in [2.75, 3.05) is 0 Å². The number of hydrogen-bond acceptors (Lipinski definition) is 0. The Morgan fingerprint density at radius 3 is 2.78 bits per heavy atom. The zero-order valence-corrected chi connectivity index (χ0v) is 6.15. The van der Waals surface area contributed by atoms with Crippen LogP contribution in [0.3, 0.4) is 0 Å². The molecule has 0 aromatic rings. The van der Waals surface area contributed by atoms with Gasteiger partial charge < -0.3 is 0 Å². The van der Waals surface area contributed by atoms with E-state index in [2.05, 4.69) is 25.2 Å². The first kappa shape index (κ1) is 6.68. The number of rotatable bonds is 2. The van der Waals surface area contributed by atoms with E-state index in [1.54, 1.807) is 0 Å². The smallest absolute Gasteiger partial charge is 0.0231 e. The highest BCUT2D eigenvalue weighted by Gasteiger charge is 2.28. The summed E-state index contributed by atoms with van der Waals surface area (Å²) in [5.74, 6) is 7.68. The lowest BCUT2D eigenvalue weighted by atomic mass is 10.0. The van der Waals surface area contributed by atoms with Gasteiger partial charge >= 0.3 is 0 Å². The Morgan fingerprint density at radius 1 is 1.78 bits per heavy atom. The Balaban J connectivity index is 2.34. The van der Waals surface area contributed by atoms with E-state index in [0.29, 0.717) is 5.92 Å². The van der Waals surface area contributed by atoms with E-state index in [1.165, 1.54) is 12.8 Å². The molecule has 0 N–H and O–H groups in total. The van der Waals surface area contributed by atoms with Crippen LogP contribution in [0.5, 0.6) is 0 Å². The quantitative estimate of drug-likeness (QED) is 0.491. The highest BCUT2D eigenvalue weighted by atomic mass is 14.3. The molecule has 0 aliphatic heterocycles. The molecule has 1 rings (SSSR count). The Kier molecular flexibility index (Phi) is 2.16. The fourth-order valence-corrected chi connectivity index (χ4v) is 1.10. The van der Waals surface area contributed by atoms with Crippen molar-refractivity contribution in [1.82, 2.24) is 0 Å². The van der Waals surface area contributed by atoms with Crippen LogP contribution in [0.4, 0.5) is 0 Å². The standard InChI is InChI=1S/C9H13/c1-3-5-8(4-2)9-6-7-9/h6,8-9H,4,7H2,1-2H3. The van der Waals surface area contributed by atoms with Gasteiger partial charge in [-0.3, -0.25) is 0 Å². The van der Waals surface area contributed by atoms with Crippen molar-refractivity contribution in [1.29, 1.82) is 0 Å². The molecule has 0 nitrogen and oxygen atoms in total. The van der Waals surface area contributed by atoms with Crippen molar-refractivity contribution >= 4 is 0 Å². The molecule has 0 aromatic heterocycles. The summed E-state index contributed by atoms with van der Waals surface area (Å²) in [6.45, 7) is 4.13. The van der Waals surface area contributed by atoms with Crippen LogP contribution < -0.4 is 0 Å². The van der Waals surface area contributed by atoms with Crippen LogP contribution in [0.2, 0.25) is 0 Å². The SMILES string of the molecule is CC#CC(CC)C1[CH]C1. The Morgan fingerprint density at radius 2 is 2.44 bits per heavy atom. The van der Waals surface area contributed by atoms with E-state index in [-0.39, 0.29) is 0 Å². The first-order valence-electron chi connectivity index (χ1n) is 3.64. The molecule has 0 heterocycles. The lowest BCUT2D eigenvalue weighted by molar-refractivity contribution is 0.585. The second-order valence-electron chi connectivity index (χ2n) is 2.54. The largest absolute Gasteiger partial charge is 0.106 e. The maximum absolute atomic E-state index is 3.21. The number of hydrogen-bond donors (Lipinski definition) is 0.